The molecule has 2 N–H and O–H groups in total. The van der Waals surface area contributed by atoms with Gasteiger partial charge in [0.05, 0.1) is 0 Å². The highest BCUT2D eigenvalue weighted by atomic mass is 19.4. The van der Waals surface area contributed by atoms with Gasteiger partial charge in [0.1, 0.15) is 12.6 Å². The molecule has 0 spiro atoms. The van der Waals surface area contributed by atoms with E-state index < -0.39 is 36.8 Å². The number of hydrogen-bond acceptors (Lipinski definition) is 2. The van der Waals surface area contributed by atoms with Gasteiger partial charge >= 0.3 is 18.2 Å². The van der Waals surface area contributed by atoms with E-state index in [-0.39, 0.29) is 0 Å². The van der Waals surface area contributed by atoms with Crippen molar-refractivity contribution in [3.8, 4) is 0 Å². The number of hydrogen-bond donors (Lipinski definition) is 2. The Bertz CT molecular complexity index is 292. The number of alkyl halides is 3. The number of aliphatic carboxylic acids is 1. The van der Waals surface area contributed by atoms with E-state index in [2.05, 4.69) is 0 Å². The van der Waals surface area contributed by atoms with E-state index in [1.165, 1.54) is 20.8 Å². The van der Waals surface area contributed by atoms with Gasteiger partial charge in [0.15, 0.2) is 0 Å². The maximum absolute atomic E-state index is 12.2. The molecule has 0 aliphatic heterocycles. The van der Waals surface area contributed by atoms with E-state index >= 15 is 0 Å². The van der Waals surface area contributed by atoms with Gasteiger partial charge in [-0.2, -0.15) is 13.2 Å². The van der Waals surface area contributed by atoms with Gasteiger partial charge in [0.2, 0.25) is 0 Å². The monoisotopic (exact) mass is 256 g/mol. The quantitative estimate of drug-likeness (QED) is 0.799. The number of halogens is 3. The Balaban J connectivity index is 4.62. The van der Waals surface area contributed by atoms with Gasteiger partial charge in [-0.05, 0) is 20.8 Å². The number of carbonyl (C=O) groups is 2. The van der Waals surface area contributed by atoms with Crippen LogP contribution in [0.3, 0.4) is 0 Å². The van der Waals surface area contributed by atoms with E-state index in [4.69, 9.17) is 5.11 Å². The Hall–Kier alpha value is -1.47. The van der Waals surface area contributed by atoms with Crippen molar-refractivity contribution in [2.24, 2.45) is 0 Å². The second-order valence-electron chi connectivity index (χ2n) is 3.85. The fourth-order valence-electron chi connectivity index (χ4n) is 1.01. The molecule has 8 heteroatoms. The molecule has 17 heavy (non-hydrogen) atoms. The topological polar surface area (TPSA) is 69.6 Å². The molecule has 0 fully saturated rings. The van der Waals surface area contributed by atoms with E-state index in [9.17, 15) is 22.8 Å². The van der Waals surface area contributed by atoms with Crippen molar-refractivity contribution < 1.29 is 27.9 Å². The SMILES string of the molecule is CC(C)N(CC(F)(F)F)C(=O)N[C@H](C)C(=O)O. The molecular weight excluding hydrogens is 241 g/mol. The summed E-state index contributed by atoms with van der Waals surface area (Å²) in [5.74, 6) is -1.31. The summed E-state index contributed by atoms with van der Waals surface area (Å²) in [6.07, 6.45) is -4.52. The van der Waals surface area contributed by atoms with E-state index in [0.29, 0.717) is 4.90 Å². The van der Waals surface area contributed by atoms with E-state index in [0.717, 1.165) is 0 Å². The summed E-state index contributed by atoms with van der Waals surface area (Å²) in [4.78, 5) is 22.4. The molecule has 0 aliphatic carbocycles. The number of nitrogens with zero attached hydrogens (tertiary/aromatic N) is 1. The molecule has 0 heterocycles. The lowest BCUT2D eigenvalue weighted by atomic mass is 10.3. The van der Waals surface area contributed by atoms with Gasteiger partial charge in [-0.1, -0.05) is 0 Å². The van der Waals surface area contributed by atoms with Crippen molar-refractivity contribution in [3.63, 3.8) is 0 Å². The molecule has 0 radical (unpaired) electrons. The number of amides is 2. The lowest BCUT2D eigenvalue weighted by Gasteiger charge is -2.28. The maximum Gasteiger partial charge on any atom is 0.406 e. The fraction of sp³-hybridized carbons (Fsp3) is 0.778. The molecule has 0 aromatic carbocycles. The minimum absolute atomic E-state index is 0.527. The Morgan fingerprint density at radius 2 is 1.76 bits per heavy atom. The van der Waals surface area contributed by atoms with E-state index in [1.54, 1.807) is 0 Å². The van der Waals surface area contributed by atoms with Crippen molar-refractivity contribution in [3.05, 3.63) is 0 Å². The molecule has 2 amide bonds. The van der Waals surface area contributed by atoms with Crippen LogP contribution in [-0.4, -0.2) is 46.8 Å². The number of carboxylic acid groups (broad SMARTS) is 1. The van der Waals surface area contributed by atoms with Gasteiger partial charge < -0.3 is 15.3 Å². The molecule has 0 aromatic rings. The van der Waals surface area contributed by atoms with Crippen LogP contribution in [0.2, 0.25) is 0 Å². The molecule has 0 bridgehead atoms. The molecule has 5 nitrogen and oxygen atoms in total. The average Bonchev–Trinajstić information content (AvgIpc) is 2.11. The summed E-state index contributed by atoms with van der Waals surface area (Å²) < 4.78 is 36.6. The third-order valence-electron chi connectivity index (χ3n) is 1.94. The standard InChI is InChI=1S/C9H15F3N2O3/c1-5(2)14(4-9(10,11)12)8(17)13-6(3)7(15)16/h5-6H,4H2,1-3H3,(H,13,17)(H,15,16)/t6-/m1/s1. The Labute approximate surface area is 96.6 Å². The third kappa shape index (κ3) is 5.98. The Kier molecular flexibility index (Phi) is 5.24. The van der Waals surface area contributed by atoms with Crippen LogP contribution in [-0.2, 0) is 4.79 Å². The summed E-state index contributed by atoms with van der Waals surface area (Å²) in [6.45, 7) is 2.59. The summed E-state index contributed by atoms with van der Waals surface area (Å²) in [5.41, 5.74) is 0. The predicted octanol–water partition coefficient (Wildman–Crippen LogP) is 1.44. The maximum atomic E-state index is 12.2. The molecule has 1 atom stereocenters. The minimum atomic E-state index is -4.52. The zero-order valence-electron chi connectivity index (χ0n) is 9.71. The Morgan fingerprint density at radius 1 is 1.29 bits per heavy atom. The molecule has 100 valence electrons. The van der Waals surface area contributed by atoms with Crippen molar-refractivity contribution in [1.29, 1.82) is 0 Å². The van der Waals surface area contributed by atoms with Crippen LogP contribution < -0.4 is 5.32 Å². The number of carbonyl (C=O) groups excluding carboxylic acids is 1. The third-order valence-corrected chi connectivity index (χ3v) is 1.94. The zero-order chi connectivity index (χ0) is 13.8. The smallest absolute Gasteiger partial charge is 0.406 e. The first-order valence-electron chi connectivity index (χ1n) is 4.91. The highest BCUT2D eigenvalue weighted by Crippen LogP contribution is 2.18. The normalized spacial score (nSPS) is 13.4. The second-order valence-corrected chi connectivity index (χ2v) is 3.85. The highest BCUT2D eigenvalue weighted by Gasteiger charge is 2.34. The lowest BCUT2D eigenvalue weighted by molar-refractivity contribution is -0.143. The molecule has 0 aliphatic rings. The molecular formula is C9H15F3N2O3. The van der Waals surface area contributed by atoms with Gasteiger partial charge in [-0.25, -0.2) is 4.79 Å². The molecule has 0 saturated heterocycles. The van der Waals surface area contributed by atoms with Crippen LogP contribution in [0.15, 0.2) is 0 Å². The van der Waals surface area contributed by atoms with Crippen molar-refractivity contribution >= 4 is 12.0 Å². The van der Waals surface area contributed by atoms with Crippen LogP contribution in [0.5, 0.6) is 0 Å². The average molecular weight is 256 g/mol. The van der Waals surface area contributed by atoms with E-state index in [1.807, 2.05) is 5.32 Å². The van der Waals surface area contributed by atoms with Crippen LogP contribution in [0.4, 0.5) is 18.0 Å². The van der Waals surface area contributed by atoms with Crippen LogP contribution >= 0.6 is 0 Å². The molecule has 0 rings (SSSR count). The minimum Gasteiger partial charge on any atom is -0.480 e. The fourth-order valence-corrected chi connectivity index (χ4v) is 1.01. The number of carboxylic acids is 1. The summed E-state index contributed by atoms with van der Waals surface area (Å²) >= 11 is 0. The first kappa shape index (κ1) is 15.5. The zero-order valence-corrected chi connectivity index (χ0v) is 9.71. The van der Waals surface area contributed by atoms with Crippen LogP contribution in [0.1, 0.15) is 20.8 Å². The van der Waals surface area contributed by atoms with Crippen LogP contribution in [0, 0.1) is 0 Å². The number of nitrogens with one attached hydrogen (secondary N) is 1. The van der Waals surface area contributed by atoms with Crippen LogP contribution in [0.25, 0.3) is 0 Å². The predicted molar refractivity (Wildman–Crippen MR) is 53.5 cm³/mol. The molecule has 0 unspecified atom stereocenters. The first-order chi connectivity index (χ1) is 7.54. The highest BCUT2D eigenvalue weighted by molar-refractivity contribution is 5.82. The largest absolute Gasteiger partial charge is 0.480 e. The molecule has 0 saturated carbocycles. The van der Waals surface area contributed by atoms with Gasteiger partial charge in [0, 0.05) is 6.04 Å². The first-order valence-corrected chi connectivity index (χ1v) is 4.91. The van der Waals surface area contributed by atoms with Gasteiger partial charge in [-0.3, -0.25) is 4.79 Å². The van der Waals surface area contributed by atoms with Crippen molar-refractivity contribution in [2.75, 3.05) is 6.54 Å². The summed E-state index contributed by atoms with van der Waals surface area (Å²) in [5, 5.41) is 10.5. The number of urea groups is 1. The van der Waals surface area contributed by atoms with Crippen molar-refractivity contribution in [2.45, 2.75) is 39.0 Å². The van der Waals surface area contributed by atoms with Gasteiger partial charge in [0.25, 0.3) is 0 Å². The summed E-state index contributed by atoms with van der Waals surface area (Å²) in [6, 6.07) is -2.97. The van der Waals surface area contributed by atoms with Crippen molar-refractivity contribution in [1.82, 2.24) is 10.2 Å². The number of rotatable bonds is 4. The second kappa shape index (κ2) is 5.74. The summed E-state index contributed by atoms with van der Waals surface area (Å²) in [7, 11) is 0. The lowest BCUT2D eigenvalue weighted by Crippen LogP contribution is -2.51. The van der Waals surface area contributed by atoms with Gasteiger partial charge in [-0.15, -0.1) is 0 Å². The Morgan fingerprint density at radius 3 is 2.06 bits per heavy atom. The molecule has 0 aromatic heterocycles.